The molecule has 0 N–H and O–H groups in total. The van der Waals surface area contributed by atoms with E-state index in [1.165, 1.54) is 53.2 Å². The Balaban J connectivity index is 1.12. The topological polar surface area (TPSA) is 16.4 Å². The van der Waals surface area contributed by atoms with Crippen molar-refractivity contribution in [1.29, 1.82) is 0 Å². The summed E-state index contributed by atoms with van der Waals surface area (Å²) in [5.74, 6) is 0. The van der Waals surface area contributed by atoms with E-state index in [0.717, 1.165) is 50.1 Å². The lowest BCUT2D eigenvalue weighted by molar-refractivity contribution is 0.669. The second kappa shape index (κ2) is 12.9. The minimum absolute atomic E-state index is 0.866. The third-order valence-corrected chi connectivity index (χ3v) is 12.0. The lowest BCUT2D eigenvalue weighted by Gasteiger charge is -2.28. The first-order valence-corrected chi connectivity index (χ1v) is 19.5. The zero-order valence-corrected chi connectivity index (χ0v) is 30.6. The summed E-state index contributed by atoms with van der Waals surface area (Å²) in [5.41, 5.74) is 12.1. The van der Waals surface area contributed by atoms with Crippen molar-refractivity contribution in [3.63, 3.8) is 0 Å². The van der Waals surface area contributed by atoms with Crippen molar-refractivity contribution in [2.75, 3.05) is 4.90 Å². The van der Waals surface area contributed by atoms with Gasteiger partial charge in [0.25, 0.3) is 0 Å². The summed E-state index contributed by atoms with van der Waals surface area (Å²) in [4.78, 5) is 2.39. The molecule has 0 radical (unpaired) electrons. The fourth-order valence-corrected chi connectivity index (χ4v) is 9.42. The molecule has 0 amide bonds. The maximum absolute atomic E-state index is 6.48. The van der Waals surface area contributed by atoms with Gasteiger partial charge in [-0.1, -0.05) is 140 Å². The van der Waals surface area contributed by atoms with Crippen molar-refractivity contribution in [3.05, 3.63) is 200 Å². The van der Waals surface area contributed by atoms with Crippen LogP contribution in [0.5, 0.6) is 0 Å². The highest BCUT2D eigenvalue weighted by atomic mass is 32.1. The molecule has 2 heterocycles. The third kappa shape index (κ3) is 5.32. The molecule has 0 aliphatic heterocycles. The van der Waals surface area contributed by atoms with Gasteiger partial charge in [0, 0.05) is 53.9 Å². The van der Waals surface area contributed by atoms with Crippen LogP contribution in [0.3, 0.4) is 0 Å². The van der Waals surface area contributed by atoms with Crippen LogP contribution in [0.15, 0.2) is 205 Å². The lowest BCUT2D eigenvalue weighted by Crippen LogP contribution is -2.11. The van der Waals surface area contributed by atoms with Crippen molar-refractivity contribution in [1.82, 2.24) is 0 Å². The smallest absolute Gasteiger partial charge is 0.137 e. The molecule has 0 saturated heterocycles. The number of fused-ring (bicyclic) bond motifs is 7. The summed E-state index contributed by atoms with van der Waals surface area (Å²) in [5, 5.41) is 7.31. The van der Waals surface area contributed by atoms with Gasteiger partial charge in [-0.25, -0.2) is 0 Å². The van der Waals surface area contributed by atoms with Crippen molar-refractivity contribution in [2.24, 2.45) is 0 Å². The normalized spacial score (nSPS) is 11.6. The van der Waals surface area contributed by atoms with Gasteiger partial charge in [0.05, 0.1) is 5.69 Å². The van der Waals surface area contributed by atoms with Crippen LogP contribution in [0, 0.1) is 0 Å². The average Bonchev–Trinajstić information content (AvgIpc) is 3.82. The number of hydrogen-bond acceptors (Lipinski definition) is 3. The quantitative estimate of drug-likeness (QED) is 0.170. The summed E-state index contributed by atoms with van der Waals surface area (Å²) >= 11 is 1.85. The minimum atomic E-state index is 0.866. The lowest BCUT2D eigenvalue weighted by atomic mass is 9.91. The van der Waals surface area contributed by atoms with Crippen molar-refractivity contribution in [3.8, 4) is 33.4 Å². The largest absolute Gasteiger partial charge is 0.456 e. The number of thiophene rings is 1. The van der Waals surface area contributed by atoms with E-state index in [0.29, 0.717) is 0 Å². The predicted octanol–water partition coefficient (Wildman–Crippen LogP) is 15.6. The Kier molecular flexibility index (Phi) is 7.39. The average molecular weight is 720 g/mol. The highest BCUT2D eigenvalue weighted by Crippen LogP contribution is 2.46. The van der Waals surface area contributed by atoms with Crippen LogP contribution in [0.4, 0.5) is 17.1 Å². The molecule has 2 aromatic heterocycles. The SMILES string of the molecule is c1cc(-c2ccccc2-c2cccc3ccccc23)cc(N(c2ccc3c(c2)oc2ccccc23)c2ccccc2-c2ccc3sc4ccccc4c3c2)c1. The second-order valence-electron chi connectivity index (χ2n) is 14.1. The third-order valence-electron chi connectivity index (χ3n) is 10.9. The maximum atomic E-state index is 6.48. The molecule has 11 rings (SSSR count). The summed E-state index contributed by atoms with van der Waals surface area (Å²) < 4.78 is 9.09. The van der Waals surface area contributed by atoms with Crippen LogP contribution in [-0.2, 0) is 0 Å². The fourth-order valence-electron chi connectivity index (χ4n) is 8.33. The van der Waals surface area contributed by atoms with Gasteiger partial charge in [0.2, 0.25) is 0 Å². The first-order chi connectivity index (χ1) is 27.3. The van der Waals surface area contributed by atoms with Gasteiger partial charge in [-0.15, -0.1) is 11.3 Å². The molecule has 0 saturated carbocycles. The first-order valence-electron chi connectivity index (χ1n) is 18.7. The van der Waals surface area contributed by atoms with E-state index in [2.05, 4.69) is 193 Å². The Morgan fingerprint density at radius 1 is 0.345 bits per heavy atom. The molecule has 0 spiro atoms. The van der Waals surface area contributed by atoms with Crippen molar-refractivity contribution < 1.29 is 4.42 Å². The van der Waals surface area contributed by atoms with Gasteiger partial charge >= 0.3 is 0 Å². The molecule has 2 nitrogen and oxygen atoms in total. The van der Waals surface area contributed by atoms with E-state index in [-0.39, 0.29) is 0 Å². The zero-order chi connectivity index (χ0) is 36.3. The van der Waals surface area contributed by atoms with Gasteiger partial charge in [-0.2, -0.15) is 0 Å². The Bertz CT molecular complexity index is 3240. The fraction of sp³-hybridized carbons (Fsp3) is 0. The molecule has 3 heteroatoms. The molecule has 11 aromatic rings. The number of nitrogens with zero attached hydrogens (tertiary/aromatic N) is 1. The molecule has 0 fully saturated rings. The molecular weight excluding hydrogens is 687 g/mol. The van der Waals surface area contributed by atoms with Gasteiger partial charge in [-0.3, -0.25) is 0 Å². The van der Waals surface area contributed by atoms with E-state index < -0.39 is 0 Å². The van der Waals surface area contributed by atoms with Crippen molar-refractivity contribution >= 4 is 81.3 Å². The zero-order valence-electron chi connectivity index (χ0n) is 29.8. The molecule has 0 aliphatic rings. The van der Waals surface area contributed by atoms with Gasteiger partial charge < -0.3 is 9.32 Å². The predicted molar refractivity (Wildman–Crippen MR) is 235 cm³/mol. The van der Waals surface area contributed by atoms with Crippen LogP contribution in [-0.4, -0.2) is 0 Å². The summed E-state index contributed by atoms with van der Waals surface area (Å²) in [6.07, 6.45) is 0. The Labute approximate surface area is 322 Å². The second-order valence-corrected chi connectivity index (χ2v) is 15.1. The monoisotopic (exact) mass is 719 g/mol. The standard InChI is InChI=1S/C52H33NOS/c1-2-17-39-34(13-1)14-12-23-43(39)42-20-4-3-18-40(42)35-15-11-16-37(31-35)53(38-28-29-45-44-21-6-9-25-49(44)54-50(45)33-38)48-24-8-5-19-41(48)36-27-30-52-47(32-36)46-22-7-10-26-51(46)55-52/h1-33H. The van der Waals surface area contributed by atoms with Crippen LogP contribution < -0.4 is 4.90 Å². The molecule has 258 valence electrons. The first kappa shape index (κ1) is 31.6. The molecule has 0 aliphatic carbocycles. The van der Waals surface area contributed by atoms with E-state index in [4.69, 9.17) is 4.42 Å². The number of rotatable bonds is 6. The molecule has 0 bridgehead atoms. The molecule has 55 heavy (non-hydrogen) atoms. The Morgan fingerprint density at radius 2 is 0.982 bits per heavy atom. The Hall–Kier alpha value is -6.94. The number of anilines is 3. The summed E-state index contributed by atoms with van der Waals surface area (Å²) in [6.45, 7) is 0. The van der Waals surface area contributed by atoms with Crippen LogP contribution in [0.1, 0.15) is 0 Å². The van der Waals surface area contributed by atoms with Crippen LogP contribution in [0.25, 0.3) is 86.3 Å². The van der Waals surface area contributed by atoms with Gasteiger partial charge in [0.1, 0.15) is 11.2 Å². The van der Waals surface area contributed by atoms with Crippen LogP contribution in [0.2, 0.25) is 0 Å². The minimum Gasteiger partial charge on any atom is -0.456 e. The highest BCUT2D eigenvalue weighted by Gasteiger charge is 2.21. The van der Waals surface area contributed by atoms with Gasteiger partial charge in [-0.05, 0) is 93.2 Å². The summed E-state index contributed by atoms with van der Waals surface area (Å²) in [6, 6.07) is 72.3. The molecule has 9 aromatic carbocycles. The summed E-state index contributed by atoms with van der Waals surface area (Å²) in [7, 11) is 0. The van der Waals surface area contributed by atoms with Gasteiger partial charge in [0.15, 0.2) is 0 Å². The molecular formula is C52H33NOS. The number of benzene rings is 9. The van der Waals surface area contributed by atoms with E-state index in [1.54, 1.807) is 0 Å². The van der Waals surface area contributed by atoms with E-state index in [9.17, 15) is 0 Å². The van der Waals surface area contributed by atoms with Crippen molar-refractivity contribution in [2.45, 2.75) is 0 Å². The number of para-hydroxylation sites is 2. The van der Waals surface area contributed by atoms with Crippen LogP contribution >= 0.6 is 11.3 Å². The molecule has 0 unspecified atom stereocenters. The van der Waals surface area contributed by atoms with E-state index >= 15 is 0 Å². The maximum Gasteiger partial charge on any atom is 0.137 e. The van der Waals surface area contributed by atoms with E-state index in [1.807, 2.05) is 23.5 Å². The Morgan fingerprint density at radius 3 is 1.91 bits per heavy atom. The number of hydrogen-bond donors (Lipinski definition) is 0. The number of furan rings is 1. The highest BCUT2D eigenvalue weighted by molar-refractivity contribution is 7.25. The molecule has 0 atom stereocenters.